The average molecular weight is 431 g/mol. The Labute approximate surface area is 180 Å². The largest absolute Gasteiger partial charge is 0.497 e. The Balaban J connectivity index is 2.04. The second kappa shape index (κ2) is 12.0. The minimum Gasteiger partial charge on any atom is -0.497 e. The van der Waals surface area contributed by atoms with Crippen LogP contribution in [0.1, 0.15) is 24.5 Å². The van der Waals surface area contributed by atoms with E-state index < -0.39 is 24.0 Å². The fourth-order valence-corrected chi connectivity index (χ4v) is 3.60. The summed E-state index contributed by atoms with van der Waals surface area (Å²) in [6.07, 6.45) is -0.139. The van der Waals surface area contributed by atoms with Crippen LogP contribution in [0.5, 0.6) is 5.75 Å². The van der Waals surface area contributed by atoms with Gasteiger partial charge in [0, 0.05) is 19.1 Å². The summed E-state index contributed by atoms with van der Waals surface area (Å²) in [4.78, 5) is 35.8. The molecule has 0 amide bonds. The van der Waals surface area contributed by atoms with Crippen molar-refractivity contribution < 1.29 is 29.0 Å². The number of aliphatic carboxylic acids is 1. The van der Waals surface area contributed by atoms with Gasteiger partial charge >= 0.3 is 11.9 Å². The Hall–Kier alpha value is -2.80. The molecule has 1 N–H and O–H groups in total. The van der Waals surface area contributed by atoms with E-state index in [2.05, 4.69) is 0 Å². The molecule has 30 heavy (non-hydrogen) atoms. The highest BCUT2D eigenvalue weighted by molar-refractivity contribution is 8.13. The number of hydrogen-bond donors (Lipinski definition) is 1. The third-order valence-corrected chi connectivity index (χ3v) is 5.53. The van der Waals surface area contributed by atoms with Crippen molar-refractivity contribution in [3.63, 3.8) is 0 Å². The van der Waals surface area contributed by atoms with Crippen LogP contribution in [0.15, 0.2) is 54.6 Å². The van der Waals surface area contributed by atoms with E-state index in [-0.39, 0.29) is 17.3 Å². The molecule has 2 rings (SSSR count). The predicted molar refractivity (Wildman–Crippen MR) is 116 cm³/mol. The molecule has 7 heteroatoms. The molecule has 0 saturated heterocycles. The molecule has 160 valence electrons. The maximum atomic E-state index is 12.8. The van der Waals surface area contributed by atoms with Gasteiger partial charge in [-0.05, 0) is 36.1 Å². The van der Waals surface area contributed by atoms with Crippen LogP contribution in [0.4, 0.5) is 0 Å². The summed E-state index contributed by atoms with van der Waals surface area (Å²) in [5.74, 6) is -1.38. The Morgan fingerprint density at radius 1 is 1.00 bits per heavy atom. The minimum atomic E-state index is -1.27. The van der Waals surface area contributed by atoms with Crippen molar-refractivity contribution in [2.45, 2.75) is 32.3 Å². The maximum absolute atomic E-state index is 12.8. The Bertz CT molecular complexity index is 835. The quantitative estimate of drug-likeness (QED) is 0.543. The van der Waals surface area contributed by atoms with Crippen LogP contribution < -0.4 is 4.74 Å². The molecule has 0 bridgehead atoms. The molecule has 0 saturated carbocycles. The molecule has 0 aliphatic rings. The van der Waals surface area contributed by atoms with Gasteiger partial charge in [-0.1, -0.05) is 54.2 Å². The molecule has 0 aliphatic carbocycles. The number of rotatable bonds is 11. The summed E-state index contributed by atoms with van der Waals surface area (Å²) in [7, 11) is 1.59. The number of esters is 1. The summed E-state index contributed by atoms with van der Waals surface area (Å²) >= 11 is 1.04. The molecule has 0 radical (unpaired) electrons. The number of carboxylic acids is 1. The van der Waals surface area contributed by atoms with Crippen LogP contribution in [0.25, 0.3) is 0 Å². The van der Waals surface area contributed by atoms with E-state index in [1.807, 2.05) is 30.3 Å². The van der Waals surface area contributed by atoms with Gasteiger partial charge < -0.3 is 14.6 Å². The van der Waals surface area contributed by atoms with E-state index in [0.717, 1.165) is 28.6 Å². The molecule has 6 nitrogen and oxygen atoms in total. The monoisotopic (exact) mass is 430 g/mol. The van der Waals surface area contributed by atoms with Gasteiger partial charge in [0.25, 0.3) is 0 Å². The van der Waals surface area contributed by atoms with Crippen LogP contribution in [0, 0.1) is 5.92 Å². The predicted octanol–water partition coefficient (Wildman–Crippen LogP) is 3.76. The van der Waals surface area contributed by atoms with Gasteiger partial charge in [0.2, 0.25) is 6.10 Å². The summed E-state index contributed by atoms with van der Waals surface area (Å²) in [5.41, 5.74) is 1.78. The summed E-state index contributed by atoms with van der Waals surface area (Å²) in [5, 5.41) is 9.39. The van der Waals surface area contributed by atoms with Gasteiger partial charge in [-0.25, -0.2) is 4.79 Å². The normalized spacial score (nSPS) is 12.6. The molecule has 2 atom stereocenters. The number of carbonyl (C=O) groups is 3. The Kier molecular flexibility index (Phi) is 9.41. The second-order valence-electron chi connectivity index (χ2n) is 6.84. The molecular weight excluding hydrogens is 404 g/mol. The molecule has 0 aromatic heterocycles. The number of benzene rings is 2. The van der Waals surface area contributed by atoms with Gasteiger partial charge in [-0.15, -0.1) is 0 Å². The zero-order valence-corrected chi connectivity index (χ0v) is 17.9. The standard InChI is InChI=1S/C23H26O6S/c1-16(24)30-15-19(11-8-17-9-12-20(28-2)13-10-17)23(27)29-21(22(25)26)14-18-6-4-3-5-7-18/h3-7,9-10,12-13,19,21H,8,11,14-15H2,1-2H3,(H,25,26)/t19?,21-/m0/s1. The number of carboxylic acid groups (broad SMARTS) is 1. The second-order valence-corrected chi connectivity index (χ2v) is 8.04. The van der Waals surface area contributed by atoms with Crippen LogP contribution >= 0.6 is 11.8 Å². The number of methoxy groups -OCH3 is 1. The average Bonchev–Trinajstić information content (AvgIpc) is 2.74. The number of hydrogen-bond acceptors (Lipinski definition) is 6. The number of carbonyl (C=O) groups excluding carboxylic acids is 2. The van der Waals surface area contributed by atoms with Crippen LogP contribution in [0.3, 0.4) is 0 Å². The maximum Gasteiger partial charge on any atom is 0.345 e. The third-order valence-electron chi connectivity index (χ3n) is 4.56. The molecule has 0 spiro atoms. The molecule has 0 fully saturated rings. The lowest BCUT2D eigenvalue weighted by Gasteiger charge is -2.19. The van der Waals surface area contributed by atoms with Crippen molar-refractivity contribution in [1.29, 1.82) is 0 Å². The molecule has 1 unspecified atom stereocenters. The smallest absolute Gasteiger partial charge is 0.345 e. The zero-order valence-electron chi connectivity index (χ0n) is 17.1. The highest BCUT2D eigenvalue weighted by Gasteiger charge is 2.28. The van der Waals surface area contributed by atoms with Crippen molar-refractivity contribution in [1.82, 2.24) is 0 Å². The van der Waals surface area contributed by atoms with Crippen molar-refractivity contribution in [2.24, 2.45) is 5.92 Å². The van der Waals surface area contributed by atoms with Gasteiger partial charge in [0.1, 0.15) is 5.75 Å². The Morgan fingerprint density at radius 3 is 2.23 bits per heavy atom. The first kappa shape index (κ1) is 23.5. The lowest BCUT2D eigenvalue weighted by Crippen LogP contribution is -2.33. The van der Waals surface area contributed by atoms with Crippen LogP contribution in [-0.4, -0.2) is 41.1 Å². The van der Waals surface area contributed by atoms with E-state index in [4.69, 9.17) is 9.47 Å². The third kappa shape index (κ3) is 7.91. The van der Waals surface area contributed by atoms with Crippen molar-refractivity contribution >= 4 is 28.8 Å². The van der Waals surface area contributed by atoms with Crippen LogP contribution in [0.2, 0.25) is 0 Å². The SMILES string of the molecule is COc1ccc(CCC(CSC(C)=O)C(=O)O[C@@H](Cc2ccccc2)C(=O)O)cc1. The zero-order chi connectivity index (χ0) is 21.9. The highest BCUT2D eigenvalue weighted by Crippen LogP contribution is 2.21. The fraction of sp³-hybridized carbons (Fsp3) is 0.348. The lowest BCUT2D eigenvalue weighted by molar-refractivity contribution is -0.166. The van der Waals surface area contributed by atoms with Gasteiger partial charge in [0.15, 0.2) is 5.12 Å². The van der Waals surface area contributed by atoms with Gasteiger partial charge in [-0.2, -0.15) is 0 Å². The first-order valence-electron chi connectivity index (χ1n) is 9.62. The molecule has 2 aromatic carbocycles. The highest BCUT2D eigenvalue weighted by atomic mass is 32.2. The van der Waals surface area contributed by atoms with E-state index in [1.54, 1.807) is 31.4 Å². The molecular formula is C23H26O6S. The first-order chi connectivity index (χ1) is 14.4. The molecule has 0 aliphatic heterocycles. The number of thioether (sulfide) groups is 1. The minimum absolute atomic E-state index is 0.0902. The van der Waals surface area contributed by atoms with Crippen molar-refractivity contribution in [3.8, 4) is 5.75 Å². The molecule has 2 aromatic rings. The van der Waals surface area contributed by atoms with Crippen molar-refractivity contribution in [3.05, 3.63) is 65.7 Å². The molecule has 0 heterocycles. The van der Waals surface area contributed by atoms with E-state index in [0.29, 0.717) is 12.8 Å². The summed E-state index contributed by atoms with van der Waals surface area (Å²) in [6.45, 7) is 1.44. The first-order valence-corrected chi connectivity index (χ1v) is 10.6. The number of aryl methyl sites for hydroxylation is 1. The topological polar surface area (TPSA) is 89.9 Å². The van der Waals surface area contributed by atoms with Crippen molar-refractivity contribution in [2.75, 3.05) is 12.9 Å². The Morgan fingerprint density at radius 2 is 1.67 bits per heavy atom. The summed E-state index contributed by atoms with van der Waals surface area (Å²) < 4.78 is 10.5. The number of ether oxygens (including phenoxy) is 2. The summed E-state index contributed by atoms with van der Waals surface area (Å²) in [6, 6.07) is 16.5. The van der Waals surface area contributed by atoms with Gasteiger partial charge in [0.05, 0.1) is 13.0 Å². The van der Waals surface area contributed by atoms with E-state index >= 15 is 0 Å². The van der Waals surface area contributed by atoms with E-state index in [9.17, 15) is 19.5 Å². The lowest BCUT2D eigenvalue weighted by atomic mass is 10.0. The van der Waals surface area contributed by atoms with Gasteiger partial charge in [-0.3, -0.25) is 9.59 Å². The van der Waals surface area contributed by atoms with Crippen LogP contribution in [-0.2, 0) is 32.0 Å². The fourth-order valence-electron chi connectivity index (χ4n) is 2.86. The van der Waals surface area contributed by atoms with E-state index in [1.165, 1.54) is 6.92 Å².